The van der Waals surface area contributed by atoms with Gasteiger partial charge in [-0.25, -0.2) is 9.97 Å². The van der Waals surface area contributed by atoms with Crippen molar-refractivity contribution >= 4 is 33.2 Å². The first-order valence-electron chi connectivity index (χ1n) is 9.59. The number of fused-ring (bicyclic) bond motifs is 1. The molecule has 0 N–H and O–H groups in total. The number of alkyl halides is 3. The molecule has 2 aromatic heterocycles. The van der Waals surface area contributed by atoms with Gasteiger partial charge in [-0.05, 0) is 35.2 Å². The molecule has 0 unspecified atom stereocenters. The van der Waals surface area contributed by atoms with Gasteiger partial charge in [0, 0.05) is 15.5 Å². The molecular weight excluding hydrogens is 461 g/mol. The summed E-state index contributed by atoms with van der Waals surface area (Å²) >= 11 is 7.57. The van der Waals surface area contributed by atoms with Crippen molar-refractivity contribution in [2.75, 3.05) is 0 Å². The highest BCUT2D eigenvalue weighted by atomic mass is 35.5. The van der Waals surface area contributed by atoms with Gasteiger partial charge in [0.25, 0.3) is 0 Å². The standard InChI is InChI=1S/C23H18ClF3N2O2S/c1-22(2,3)19-17(13-8-10-14(24)11-9-13)18-20(28-12-29-21(18)32-19)30-15-6-4-5-7-16(15)31-23(25,26)27/h4-12H,1-3H3. The van der Waals surface area contributed by atoms with Crippen LogP contribution in [0.25, 0.3) is 21.3 Å². The summed E-state index contributed by atoms with van der Waals surface area (Å²) in [5, 5.41) is 1.21. The van der Waals surface area contributed by atoms with Crippen molar-refractivity contribution in [1.82, 2.24) is 9.97 Å². The third kappa shape index (κ3) is 4.66. The highest BCUT2D eigenvalue weighted by Crippen LogP contribution is 2.48. The fraction of sp³-hybridized carbons (Fsp3) is 0.217. The van der Waals surface area contributed by atoms with E-state index in [0.717, 1.165) is 16.0 Å². The van der Waals surface area contributed by atoms with Gasteiger partial charge in [0.15, 0.2) is 11.5 Å². The largest absolute Gasteiger partial charge is 0.573 e. The minimum atomic E-state index is -4.85. The summed E-state index contributed by atoms with van der Waals surface area (Å²) in [6, 6.07) is 12.9. The van der Waals surface area contributed by atoms with E-state index in [9.17, 15) is 13.2 Å². The Hall–Kier alpha value is -2.84. The maximum absolute atomic E-state index is 12.9. The molecule has 0 amide bonds. The highest BCUT2D eigenvalue weighted by molar-refractivity contribution is 7.19. The molecule has 0 bridgehead atoms. The number of para-hydroxylation sites is 2. The number of hydrogen-bond donors (Lipinski definition) is 0. The van der Waals surface area contributed by atoms with Crippen LogP contribution in [0.3, 0.4) is 0 Å². The maximum atomic E-state index is 12.9. The first kappa shape index (κ1) is 22.4. The number of hydrogen-bond acceptors (Lipinski definition) is 5. The Balaban J connectivity index is 1.91. The number of aromatic nitrogens is 2. The van der Waals surface area contributed by atoms with Crippen LogP contribution in [-0.2, 0) is 5.41 Å². The van der Waals surface area contributed by atoms with E-state index in [-0.39, 0.29) is 17.0 Å². The van der Waals surface area contributed by atoms with Crippen molar-refractivity contribution in [2.45, 2.75) is 32.5 Å². The zero-order chi connectivity index (χ0) is 23.1. The van der Waals surface area contributed by atoms with Crippen molar-refractivity contribution in [3.05, 3.63) is 64.8 Å². The third-order valence-corrected chi connectivity index (χ3v) is 6.32. The Bertz CT molecular complexity index is 1270. The van der Waals surface area contributed by atoms with Crippen molar-refractivity contribution in [1.29, 1.82) is 0 Å². The molecule has 0 aliphatic carbocycles. The highest BCUT2D eigenvalue weighted by Gasteiger charge is 2.33. The van der Waals surface area contributed by atoms with Gasteiger partial charge >= 0.3 is 6.36 Å². The van der Waals surface area contributed by atoms with E-state index in [1.807, 2.05) is 12.1 Å². The zero-order valence-corrected chi connectivity index (χ0v) is 18.9. The monoisotopic (exact) mass is 478 g/mol. The van der Waals surface area contributed by atoms with Crippen LogP contribution in [-0.4, -0.2) is 16.3 Å². The predicted octanol–water partition coefficient (Wildman–Crippen LogP) is 8.00. The fourth-order valence-electron chi connectivity index (χ4n) is 3.25. The summed E-state index contributed by atoms with van der Waals surface area (Å²) in [5.74, 6) is -0.411. The quantitative estimate of drug-likeness (QED) is 0.298. The molecule has 0 fully saturated rings. The van der Waals surface area contributed by atoms with Crippen LogP contribution in [0.5, 0.6) is 17.4 Å². The Morgan fingerprint density at radius 2 is 1.56 bits per heavy atom. The summed E-state index contributed by atoms with van der Waals surface area (Å²) < 4.78 is 48.6. The first-order valence-corrected chi connectivity index (χ1v) is 10.8. The van der Waals surface area contributed by atoms with Crippen molar-refractivity contribution in [2.24, 2.45) is 0 Å². The van der Waals surface area contributed by atoms with E-state index in [1.165, 1.54) is 35.9 Å². The number of rotatable bonds is 4. The molecule has 0 atom stereocenters. The van der Waals surface area contributed by atoms with Crippen LogP contribution in [0.2, 0.25) is 5.02 Å². The molecule has 0 saturated carbocycles. The summed E-state index contributed by atoms with van der Waals surface area (Å²) in [6.45, 7) is 6.24. The van der Waals surface area contributed by atoms with Gasteiger partial charge in [0.05, 0.1) is 5.39 Å². The van der Waals surface area contributed by atoms with Crippen LogP contribution in [0, 0.1) is 0 Å². The molecule has 0 aliphatic rings. The lowest BCUT2D eigenvalue weighted by molar-refractivity contribution is -0.275. The fourth-order valence-corrected chi connectivity index (χ4v) is 4.59. The predicted molar refractivity (Wildman–Crippen MR) is 120 cm³/mol. The lowest BCUT2D eigenvalue weighted by Crippen LogP contribution is -2.17. The van der Waals surface area contributed by atoms with E-state index >= 15 is 0 Å². The van der Waals surface area contributed by atoms with Crippen LogP contribution in [0.1, 0.15) is 25.6 Å². The second-order valence-electron chi connectivity index (χ2n) is 8.02. The van der Waals surface area contributed by atoms with Crippen molar-refractivity contribution in [3.63, 3.8) is 0 Å². The van der Waals surface area contributed by atoms with Crippen molar-refractivity contribution in [3.8, 4) is 28.5 Å². The molecule has 32 heavy (non-hydrogen) atoms. The average Bonchev–Trinajstić information content (AvgIpc) is 3.10. The van der Waals surface area contributed by atoms with Gasteiger partial charge in [-0.2, -0.15) is 0 Å². The summed E-state index contributed by atoms with van der Waals surface area (Å²) in [6.07, 6.45) is -3.52. The maximum Gasteiger partial charge on any atom is 0.573 e. The molecule has 0 aliphatic heterocycles. The lowest BCUT2D eigenvalue weighted by Gasteiger charge is -2.19. The zero-order valence-electron chi connectivity index (χ0n) is 17.3. The van der Waals surface area contributed by atoms with Crippen LogP contribution >= 0.6 is 22.9 Å². The SMILES string of the molecule is CC(C)(C)c1sc2ncnc(Oc3ccccc3OC(F)(F)F)c2c1-c1ccc(Cl)cc1. The molecule has 0 saturated heterocycles. The number of halogens is 4. The van der Waals surface area contributed by atoms with Gasteiger partial charge < -0.3 is 9.47 Å². The normalized spacial score (nSPS) is 12.2. The molecule has 0 spiro atoms. The number of nitrogens with zero attached hydrogens (tertiary/aromatic N) is 2. The second kappa shape index (κ2) is 8.26. The molecule has 166 valence electrons. The Labute approximate surface area is 191 Å². The Kier molecular flexibility index (Phi) is 5.77. The number of benzene rings is 2. The summed E-state index contributed by atoms with van der Waals surface area (Å²) in [5.41, 5.74) is 1.51. The van der Waals surface area contributed by atoms with Gasteiger partial charge in [0.1, 0.15) is 11.2 Å². The molecule has 2 heterocycles. The van der Waals surface area contributed by atoms with E-state index < -0.39 is 12.1 Å². The smallest absolute Gasteiger partial charge is 0.434 e. The van der Waals surface area contributed by atoms with E-state index in [2.05, 4.69) is 35.5 Å². The van der Waals surface area contributed by atoms with Gasteiger partial charge in [-0.3, -0.25) is 0 Å². The number of thiophene rings is 1. The van der Waals surface area contributed by atoms with Gasteiger partial charge in [-0.15, -0.1) is 24.5 Å². The third-order valence-electron chi connectivity index (χ3n) is 4.55. The second-order valence-corrected chi connectivity index (χ2v) is 9.45. The van der Waals surface area contributed by atoms with Gasteiger partial charge in [0.2, 0.25) is 5.88 Å². The molecule has 9 heteroatoms. The van der Waals surface area contributed by atoms with E-state index in [0.29, 0.717) is 15.2 Å². The average molecular weight is 479 g/mol. The minimum absolute atomic E-state index is 0.101. The van der Waals surface area contributed by atoms with Crippen LogP contribution in [0.4, 0.5) is 13.2 Å². The van der Waals surface area contributed by atoms with Crippen LogP contribution in [0.15, 0.2) is 54.9 Å². The summed E-state index contributed by atoms with van der Waals surface area (Å²) in [7, 11) is 0. The summed E-state index contributed by atoms with van der Waals surface area (Å²) in [4.78, 5) is 10.4. The molecule has 2 aromatic carbocycles. The Morgan fingerprint density at radius 1 is 0.906 bits per heavy atom. The lowest BCUT2D eigenvalue weighted by atomic mass is 9.88. The molecule has 4 aromatic rings. The molecular formula is C23H18ClF3N2O2S. The molecule has 0 radical (unpaired) electrons. The van der Waals surface area contributed by atoms with Crippen molar-refractivity contribution < 1.29 is 22.6 Å². The first-order chi connectivity index (χ1) is 15.0. The van der Waals surface area contributed by atoms with E-state index in [1.54, 1.807) is 18.2 Å². The van der Waals surface area contributed by atoms with Crippen LogP contribution < -0.4 is 9.47 Å². The molecule has 4 nitrogen and oxygen atoms in total. The minimum Gasteiger partial charge on any atom is -0.434 e. The Morgan fingerprint density at radius 3 is 2.19 bits per heavy atom. The topological polar surface area (TPSA) is 44.2 Å². The number of ether oxygens (including phenoxy) is 2. The van der Waals surface area contributed by atoms with Gasteiger partial charge in [-0.1, -0.05) is 56.6 Å². The molecule has 4 rings (SSSR count). The van der Waals surface area contributed by atoms with E-state index in [4.69, 9.17) is 16.3 Å².